The highest BCUT2D eigenvalue weighted by Crippen LogP contribution is 2.15. The van der Waals surface area contributed by atoms with Crippen molar-refractivity contribution in [2.45, 2.75) is 13.5 Å². The van der Waals surface area contributed by atoms with Crippen LogP contribution in [0.4, 0.5) is 5.82 Å². The largest absolute Gasteiger partial charge is 0.497 e. The number of methoxy groups -OCH3 is 1. The van der Waals surface area contributed by atoms with Gasteiger partial charge in [0, 0.05) is 11.6 Å². The number of aromatic nitrogens is 2. The summed E-state index contributed by atoms with van der Waals surface area (Å²) in [6.45, 7) is 2.56. The SMILES string of the molecule is COc1ccc(Cn2nccc2NC(=O)c2ccc(C)cc2)cc1. The van der Waals surface area contributed by atoms with Crippen molar-refractivity contribution in [1.82, 2.24) is 9.78 Å². The Balaban J connectivity index is 1.72. The Morgan fingerprint density at radius 1 is 1.08 bits per heavy atom. The second-order valence-corrected chi connectivity index (χ2v) is 5.54. The van der Waals surface area contributed by atoms with E-state index in [0.717, 1.165) is 16.9 Å². The summed E-state index contributed by atoms with van der Waals surface area (Å²) in [5, 5.41) is 7.19. The van der Waals surface area contributed by atoms with Gasteiger partial charge in [0.05, 0.1) is 19.9 Å². The van der Waals surface area contributed by atoms with Crippen LogP contribution in [0.15, 0.2) is 60.8 Å². The summed E-state index contributed by atoms with van der Waals surface area (Å²) in [7, 11) is 1.64. The van der Waals surface area contributed by atoms with E-state index >= 15 is 0 Å². The molecule has 122 valence electrons. The molecule has 3 aromatic rings. The van der Waals surface area contributed by atoms with E-state index in [1.54, 1.807) is 24.1 Å². The number of rotatable bonds is 5. The third kappa shape index (κ3) is 3.63. The Bertz CT molecular complexity index is 821. The highest BCUT2D eigenvalue weighted by Gasteiger charge is 2.10. The van der Waals surface area contributed by atoms with Gasteiger partial charge in [-0.25, -0.2) is 4.68 Å². The lowest BCUT2D eigenvalue weighted by Crippen LogP contribution is -2.16. The van der Waals surface area contributed by atoms with Crippen molar-refractivity contribution in [3.05, 3.63) is 77.5 Å². The second-order valence-electron chi connectivity index (χ2n) is 5.54. The van der Waals surface area contributed by atoms with Gasteiger partial charge in [0.25, 0.3) is 5.91 Å². The number of hydrogen-bond donors (Lipinski definition) is 1. The molecule has 0 saturated heterocycles. The maximum Gasteiger partial charge on any atom is 0.256 e. The highest BCUT2D eigenvalue weighted by atomic mass is 16.5. The van der Waals surface area contributed by atoms with Crippen LogP contribution in [0.2, 0.25) is 0 Å². The van der Waals surface area contributed by atoms with E-state index in [1.807, 2.05) is 55.5 Å². The lowest BCUT2D eigenvalue weighted by Gasteiger charge is -2.10. The number of aryl methyl sites for hydroxylation is 1. The Morgan fingerprint density at radius 2 is 1.79 bits per heavy atom. The maximum absolute atomic E-state index is 12.3. The minimum absolute atomic E-state index is 0.147. The minimum atomic E-state index is -0.147. The van der Waals surface area contributed by atoms with E-state index in [2.05, 4.69) is 10.4 Å². The van der Waals surface area contributed by atoms with Crippen molar-refractivity contribution in [3.63, 3.8) is 0 Å². The van der Waals surface area contributed by atoms with Crippen LogP contribution in [0.5, 0.6) is 5.75 Å². The number of ether oxygens (including phenoxy) is 1. The van der Waals surface area contributed by atoms with Gasteiger partial charge in [-0.05, 0) is 36.8 Å². The number of anilines is 1. The van der Waals surface area contributed by atoms with Gasteiger partial charge in [-0.1, -0.05) is 29.8 Å². The molecule has 1 amide bonds. The van der Waals surface area contributed by atoms with Gasteiger partial charge in [0.1, 0.15) is 11.6 Å². The first-order valence-corrected chi connectivity index (χ1v) is 7.68. The summed E-state index contributed by atoms with van der Waals surface area (Å²) in [5.74, 6) is 1.33. The maximum atomic E-state index is 12.3. The van der Waals surface area contributed by atoms with Crippen LogP contribution in [-0.2, 0) is 6.54 Å². The van der Waals surface area contributed by atoms with Crippen molar-refractivity contribution in [3.8, 4) is 5.75 Å². The Morgan fingerprint density at radius 3 is 2.46 bits per heavy atom. The molecular weight excluding hydrogens is 302 g/mol. The quantitative estimate of drug-likeness (QED) is 0.782. The van der Waals surface area contributed by atoms with Crippen LogP contribution in [0.25, 0.3) is 0 Å². The number of hydrogen-bond acceptors (Lipinski definition) is 3. The summed E-state index contributed by atoms with van der Waals surface area (Å²) in [4.78, 5) is 12.3. The summed E-state index contributed by atoms with van der Waals surface area (Å²) in [6.07, 6.45) is 1.67. The molecular formula is C19H19N3O2. The molecule has 0 atom stereocenters. The predicted octanol–water partition coefficient (Wildman–Crippen LogP) is 3.50. The van der Waals surface area contributed by atoms with Crippen molar-refractivity contribution in [2.75, 3.05) is 12.4 Å². The average molecular weight is 321 g/mol. The van der Waals surface area contributed by atoms with Crippen LogP contribution in [0, 0.1) is 6.92 Å². The molecule has 0 aliphatic heterocycles. The van der Waals surface area contributed by atoms with Crippen molar-refractivity contribution in [2.24, 2.45) is 0 Å². The molecule has 0 aliphatic rings. The van der Waals surface area contributed by atoms with Gasteiger partial charge < -0.3 is 10.1 Å². The molecule has 0 unspecified atom stereocenters. The number of amides is 1. The highest BCUT2D eigenvalue weighted by molar-refractivity contribution is 6.03. The molecule has 5 heteroatoms. The zero-order valence-electron chi connectivity index (χ0n) is 13.7. The molecule has 0 spiro atoms. The fraction of sp³-hybridized carbons (Fsp3) is 0.158. The van der Waals surface area contributed by atoms with Crippen molar-refractivity contribution < 1.29 is 9.53 Å². The third-order valence-electron chi connectivity index (χ3n) is 3.76. The van der Waals surface area contributed by atoms with Gasteiger partial charge >= 0.3 is 0 Å². The summed E-state index contributed by atoms with van der Waals surface area (Å²) in [6, 6.07) is 17.0. The lowest BCUT2D eigenvalue weighted by molar-refractivity contribution is 0.102. The van der Waals surface area contributed by atoms with Gasteiger partial charge in [-0.2, -0.15) is 5.10 Å². The van der Waals surface area contributed by atoms with Crippen LogP contribution in [-0.4, -0.2) is 22.8 Å². The molecule has 5 nitrogen and oxygen atoms in total. The topological polar surface area (TPSA) is 56.1 Å². The fourth-order valence-corrected chi connectivity index (χ4v) is 2.36. The van der Waals surface area contributed by atoms with Crippen LogP contribution in [0.3, 0.4) is 0 Å². The first-order chi connectivity index (χ1) is 11.7. The van der Waals surface area contributed by atoms with Gasteiger partial charge in [-0.15, -0.1) is 0 Å². The van der Waals surface area contributed by atoms with Gasteiger partial charge in [0.2, 0.25) is 0 Å². The second kappa shape index (κ2) is 7.00. The lowest BCUT2D eigenvalue weighted by atomic mass is 10.1. The average Bonchev–Trinajstić information content (AvgIpc) is 3.03. The van der Waals surface area contributed by atoms with E-state index in [1.165, 1.54) is 0 Å². The fourth-order valence-electron chi connectivity index (χ4n) is 2.36. The normalized spacial score (nSPS) is 10.4. The smallest absolute Gasteiger partial charge is 0.256 e. The molecule has 1 aromatic heterocycles. The molecule has 0 fully saturated rings. The van der Waals surface area contributed by atoms with Crippen LogP contribution < -0.4 is 10.1 Å². The van der Waals surface area contributed by atoms with E-state index in [-0.39, 0.29) is 5.91 Å². The molecule has 1 heterocycles. The number of nitrogens with zero attached hydrogens (tertiary/aromatic N) is 2. The molecule has 0 radical (unpaired) electrons. The molecule has 0 saturated carbocycles. The molecule has 24 heavy (non-hydrogen) atoms. The molecule has 3 rings (SSSR count). The van der Waals surface area contributed by atoms with E-state index in [9.17, 15) is 4.79 Å². The molecule has 1 N–H and O–H groups in total. The Hall–Kier alpha value is -3.08. The van der Waals surface area contributed by atoms with E-state index in [4.69, 9.17) is 4.74 Å². The predicted molar refractivity (Wildman–Crippen MR) is 93.5 cm³/mol. The standard InChI is InChI=1S/C19H19N3O2/c1-14-3-7-16(8-4-14)19(23)21-18-11-12-20-22(18)13-15-5-9-17(24-2)10-6-15/h3-12H,13H2,1-2H3,(H,21,23). The van der Waals surface area contributed by atoms with Crippen molar-refractivity contribution in [1.29, 1.82) is 0 Å². The zero-order chi connectivity index (χ0) is 16.9. The Kier molecular flexibility index (Phi) is 4.61. The number of carbonyl (C=O) groups excluding carboxylic acids is 1. The summed E-state index contributed by atoms with van der Waals surface area (Å²) >= 11 is 0. The number of benzene rings is 2. The number of nitrogens with one attached hydrogen (secondary N) is 1. The van der Waals surface area contributed by atoms with Gasteiger partial charge in [0.15, 0.2) is 0 Å². The van der Waals surface area contributed by atoms with Crippen LogP contribution >= 0.6 is 0 Å². The van der Waals surface area contributed by atoms with Crippen molar-refractivity contribution >= 4 is 11.7 Å². The Labute approximate surface area is 140 Å². The number of carbonyl (C=O) groups is 1. The zero-order valence-corrected chi connectivity index (χ0v) is 13.7. The first kappa shape index (κ1) is 15.8. The molecule has 0 bridgehead atoms. The third-order valence-corrected chi connectivity index (χ3v) is 3.76. The summed E-state index contributed by atoms with van der Waals surface area (Å²) < 4.78 is 6.92. The minimum Gasteiger partial charge on any atom is -0.497 e. The van der Waals surface area contributed by atoms with Crippen LogP contribution in [0.1, 0.15) is 21.5 Å². The molecule has 2 aromatic carbocycles. The van der Waals surface area contributed by atoms with Gasteiger partial charge in [-0.3, -0.25) is 4.79 Å². The van der Waals surface area contributed by atoms with E-state index in [0.29, 0.717) is 17.9 Å². The first-order valence-electron chi connectivity index (χ1n) is 7.68. The summed E-state index contributed by atoms with van der Waals surface area (Å²) in [5.41, 5.74) is 2.82. The van der Waals surface area contributed by atoms with E-state index < -0.39 is 0 Å². The molecule has 0 aliphatic carbocycles. The monoisotopic (exact) mass is 321 g/mol.